The number of aromatic carboxylic acids is 1. The lowest BCUT2D eigenvalue weighted by Crippen LogP contribution is -2.21. The van der Waals surface area contributed by atoms with Gasteiger partial charge in [-0.05, 0) is 44.2 Å². The number of nitrogens with zero attached hydrogens (tertiary/aromatic N) is 1. The molecule has 2 aromatic rings. The van der Waals surface area contributed by atoms with E-state index in [0.717, 1.165) is 18.8 Å². The molecule has 5 heteroatoms. The van der Waals surface area contributed by atoms with Gasteiger partial charge in [-0.2, -0.15) is 0 Å². The molecule has 0 radical (unpaired) electrons. The van der Waals surface area contributed by atoms with Crippen LogP contribution in [0, 0.1) is 0 Å². The Balaban J connectivity index is 1.95. The van der Waals surface area contributed by atoms with Crippen LogP contribution in [-0.2, 0) is 6.54 Å². The van der Waals surface area contributed by atoms with Crippen molar-refractivity contribution in [1.29, 1.82) is 0 Å². The van der Waals surface area contributed by atoms with Crippen LogP contribution in [0.4, 0.5) is 11.4 Å². The molecule has 0 aliphatic heterocycles. The Morgan fingerprint density at radius 3 is 2.43 bits per heavy atom. The van der Waals surface area contributed by atoms with Gasteiger partial charge in [0.1, 0.15) is 12.0 Å². The molecule has 1 aromatic heterocycles. The number of carbonyl (C=O) groups is 1. The molecule has 0 fully saturated rings. The second kappa shape index (κ2) is 6.83. The van der Waals surface area contributed by atoms with Crippen molar-refractivity contribution < 1.29 is 14.3 Å². The molecule has 0 atom stereocenters. The van der Waals surface area contributed by atoms with Crippen LogP contribution in [-0.4, -0.2) is 24.2 Å². The number of rotatable bonds is 7. The molecule has 2 rings (SSSR count). The molecular formula is C16H20N2O3. The first kappa shape index (κ1) is 15.0. The van der Waals surface area contributed by atoms with Crippen molar-refractivity contribution in [1.82, 2.24) is 0 Å². The van der Waals surface area contributed by atoms with Gasteiger partial charge in [0.05, 0.1) is 12.1 Å². The van der Waals surface area contributed by atoms with Crippen molar-refractivity contribution in [2.75, 3.05) is 23.3 Å². The number of carboxylic acid groups (broad SMARTS) is 1. The minimum atomic E-state index is -0.978. The van der Waals surface area contributed by atoms with Crippen LogP contribution >= 0.6 is 0 Å². The lowest BCUT2D eigenvalue weighted by Gasteiger charge is -2.21. The van der Waals surface area contributed by atoms with Gasteiger partial charge in [-0.25, -0.2) is 4.79 Å². The maximum Gasteiger partial charge on any atom is 0.338 e. The Hall–Kier alpha value is -2.43. The molecule has 5 nitrogen and oxygen atoms in total. The second-order valence-corrected chi connectivity index (χ2v) is 4.68. The first-order valence-electron chi connectivity index (χ1n) is 7.03. The highest BCUT2D eigenvalue weighted by Crippen LogP contribution is 2.18. The van der Waals surface area contributed by atoms with E-state index in [9.17, 15) is 4.79 Å². The van der Waals surface area contributed by atoms with Gasteiger partial charge in [0, 0.05) is 24.5 Å². The second-order valence-electron chi connectivity index (χ2n) is 4.68. The Bertz CT molecular complexity index is 586. The van der Waals surface area contributed by atoms with E-state index < -0.39 is 5.97 Å². The smallest absolute Gasteiger partial charge is 0.338 e. The van der Waals surface area contributed by atoms with Crippen LogP contribution in [0.15, 0.2) is 41.0 Å². The largest absolute Gasteiger partial charge is 0.478 e. The van der Waals surface area contributed by atoms with Crippen molar-refractivity contribution in [2.45, 2.75) is 20.4 Å². The number of benzene rings is 1. The lowest BCUT2D eigenvalue weighted by molar-refractivity contribution is 0.0696. The number of carboxylic acids is 1. The van der Waals surface area contributed by atoms with Crippen molar-refractivity contribution in [3.05, 3.63) is 47.9 Å². The van der Waals surface area contributed by atoms with E-state index in [0.29, 0.717) is 12.3 Å². The summed E-state index contributed by atoms with van der Waals surface area (Å²) in [5.41, 5.74) is 2.33. The summed E-state index contributed by atoms with van der Waals surface area (Å²) in [6, 6.07) is 9.68. The van der Waals surface area contributed by atoms with Gasteiger partial charge < -0.3 is 19.7 Å². The summed E-state index contributed by atoms with van der Waals surface area (Å²) in [5, 5.41) is 12.0. The van der Waals surface area contributed by atoms with Gasteiger partial charge in [-0.15, -0.1) is 0 Å². The molecule has 0 unspecified atom stereocenters. The highest BCUT2D eigenvalue weighted by molar-refractivity contribution is 5.87. The first-order valence-corrected chi connectivity index (χ1v) is 7.03. The van der Waals surface area contributed by atoms with Gasteiger partial charge >= 0.3 is 5.97 Å². The monoisotopic (exact) mass is 288 g/mol. The summed E-state index contributed by atoms with van der Waals surface area (Å²) >= 11 is 0. The Morgan fingerprint density at radius 2 is 1.90 bits per heavy atom. The zero-order valence-electron chi connectivity index (χ0n) is 12.3. The van der Waals surface area contributed by atoms with E-state index in [1.807, 2.05) is 12.1 Å². The van der Waals surface area contributed by atoms with Crippen LogP contribution in [0.1, 0.15) is 30.0 Å². The lowest BCUT2D eigenvalue weighted by atomic mass is 10.2. The Morgan fingerprint density at radius 1 is 1.24 bits per heavy atom. The molecule has 0 amide bonds. The van der Waals surface area contributed by atoms with Gasteiger partial charge in [0.2, 0.25) is 0 Å². The summed E-state index contributed by atoms with van der Waals surface area (Å²) < 4.78 is 5.19. The molecule has 1 heterocycles. The molecule has 0 spiro atoms. The van der Waals surface area contributed by atoms with Crippen molar-refractivity contribution >= 4 is 17.3 Å². The highest BCUT2D eigenvalue weighted by Gasteiger charge is 2.08. The van der Waals surface area contributed by atoms with E-state index >= 15 is 0 Å². The number of hydrogen-bond acceptors (Lipinski definition) is 4. The highest BCUT2D eigenvalue weighted by atomic mass is 16.4. The fourth-order valence-corrected chi connectivity index (χ4v) is 2.15. The molecule has 0 saturated carbocycles. The maximum atomic E-state index is 10.8. The molecule has 0 saturated heterocycles. The van der Waals surface area contributed by atoms with E-state index in [2.05, 4.69) is 36.2 Å². The topological polar surface area (TPSA) is 65.7 Å². The molecule has 112 valence electrons. The van der Waals surface area contributed by atoms with Crippen molar-refractivity contribution in [2.24, 2.45) is 0 Å². The molecule has 2 N–H and O–H groups in total. The average molecular weight is 288 g/mol. The van der Waals surface area contributed by atoms with Crippen LogP contribution < -0.4 is 10.2 Å². The number of hydrogen-bond donors (Lipinski definition) is 2. The predicted molar refractivity (Wildman–Crippen MR) is 83.0 cm³/mol. The van der Waals surface area contributed by atoms with Crippen LogP contribution in [0.3, 0.4) is 0 Å². The standard InChI is InChI=1S/C16H20N2O3/c1-3-18(4-2)14-7-5-13(6-8-14)17-10-15-9-12(11-21-15)16(19)20/h5-9,11,17H,3-4,10H2,1-2H3,(H,19,20). The maximum absolute atomic E-state index is 10.8. The fourth-order valence-electron chi connectivity index (χ4n) is 2.15. The molecule has 0 aliphatic carbocycles. The van der Waals surface area contributed by atoms with Gasteiger partial charge in [0.25, 0.3) is 0 Å². The number of nitrogens with one attached hydrogen (secondary N) is 1. The average Bonchev–Trinajstić information content (AvgIpc) is 2.97. The third-order valence-electron chi connectivity index (χ3n) is 3.36. The summed E-state index contributed by atoms with van der Waals surface area (Å²) in [6.45, 7) is 6.68. The first-order chi connectivity index (χ1) is 10.1. The summed E-state index contributed by atoms with van der Waals surface area (Å²) in [7, 11) is 0. The third kappa shape index (κ3) is 3.78. The van der Waals surface area contributed by atoms with Crippen LogP contribution in [0.2, 0.25) is 0 Å². The molecule has 1 aromatic carbocycles. The predicted octanol–water partition coefficient (Wildman–Crippen LogP) is 3.44. The van der Waals surface area contributed by atoms with Crippen LogP contribution in [0.5, 0.6) is 0 Å². The summed E-state index contributed by atoms with van der Waals surface area (Å²) in [6.07, 6.45) is 1.25. The van der Waals surface area contributed by atoms with E-state index in [-0.39, 0.29) is 5.56 Å². The fraction of sp³-hybridized carbons (Fsp3) is 0.312. The molecule has 21 heavy (non-hydrogen) atoms. The Labute approximate surface area is 124 Å². The molecule has 0 aliphatic rings. The SMILES string of the molecule is CCN(CC)c1ccc(NCc2cc(C(=O)O)co2)cc1. The molecular weight excluding hydrogens is 268 g/mol. The quantitative estimate of drug-likeness (QED) is 0.817. The van der Waals surface area contributed by atoms with Crippen molar-refractivity contribution in [3.8, 4) is 0 Å². The van der Waals surface area contributed by atoms with Gasteiger partial charge in [-0.3, -0.25) is 0 Å². The zero-order valence-corrected chi connectivity index (χ0v) is 12.3. The normalized spacial score (nSPS) is 10.4. The molecule has 0 bridgehead atoms. The minimum Gasteiger partial charge on any atom is -0.478 e. The third-order valence-corrected chi connectivity index (χ3v) is 3.36. The zero-order chi connectivity index (χ0) is 15.2. The van der Waals surface area contributed by atoms with E-state index in [1.54, 1.807) is 0 Å². The summed E-state index contributed by atoms with van der Waals surface area (Å²) in [5.74, 6) is -0.381. The number of furan rings is 1. The number of anilines is 2. The van der Waals surface area contributed by atoms with Gasteiger partial charge in [-0.1, -0.05) is 0 Å². The van der Waals surface area contributed by atoms with E-state index in [4.69, 9.17) is 9.52 Å². The van der Waals surface area contributed by atoms with Crippen LogP contribution in [0.25, 0.3) is 0 Å². The van der Waals surface area contributed by atoms with Crippen molar-refractivity contribution in [3.63, 3.8) is 0 Å². The van der Waals surface area contributed by atoms with Gasteiger partial charge in [0.15, 0.2) is 0 Å². The van der Waals surface area contributed by atoms with E-state index in [1.165, 1.54) is 18.0 Å². The summed E-state index contributed by atoms with van der Waals surface area (Å²) in [4.78, 5) is 13.0. The minimum absolute atomic E-state index is 0.170. The Kier molecular flexibility index (Phi) is 4.87.